The molecular formula is C54H35NO. The maximum Gasteiger partial charge on any atom is 0.143 e. The van der Waals surface area contributed by atoms with Crippen molar-refractivity contribution < 1.29 is 4.42 Å². The third kappa shape index (κ3) is 5.34. The standard InChI is InChI=1S/C54H35NO/c1-2-12-36(13-3-1)37-24-29-42(30-25-37)55(44-17-10-16-40(34-44)47-21-11-22-50-48-20-8-9-23-52(48)56-54(47)50)43-31-26-39(27-32-43)51-35-41-15-5-7-19-46(41)53-45-18-6-4-14-38(45)28-33-49(51)53/h1-35H. The van der Waals surface area contributed by atoms with E-state index < -0.39 is 0 Å². The van der Waals surface area contributed by atoms with Gasteiger partial charge in [0.25, 0.3) is 0 Å². The van der Waals surface area contributed by atoms with Crippen LogP contribution in [-0.4, -0.2) is 0 Å². The fourth-order valence-corrected chi connectivity index (χ4v) is 8.57. The van der Waals surface area contributed by atoms with Crippen molar-refractivity contribution in [2.24, 2.45) is 0 Å². The topological polar surface area (TPSA) is 16.4 Å². The molecule has 0 spiro atoms. The molecule has 11 aromatic rings. The zero-order chi connectivity index (χ0) is 37.0. The van der Waals surface area contributed by atoms with Gasteiger partial charge >= 0.3 is 0 Å². The number of fused-ring (bicyclic) bond motifs is 8. The minimum absolute atomic E-state index is 0.902. The first-order valence-electron chi connectivity index (χ1n) is 19.2. The van der Waals surface area contributed by atoms with Gasteiger partial charge in [0.15, 0.2) is 0 Å². The molecule has 0 saturated heterocycles. The highest BCUT2D eigenvalue weighted by Gasteiger charge is 2.18. The summed E-state index contributed by atoms with van der Waals surface area (Å²) >= 11 is 0. The number of rotatable bonds is 6. The highest BCUT2D eigenvalue weighted by Crippen LogP contribution is 2.43. The zero-order valence-corrected chi connectivity index (χ0v) is 30.6. The molecule has 0 aliphatic heterocycles. The zero-order valence-electron chi connectivity index (χ0n) is 30.6. The predicted molar refractivity (Wildman–Crippen MR) is 237 cm³/mol. The Morgan fingerprint density at radius 2 is 0.893 bits per heavy atom. The molecule has 0 saturated carbocycles. The summed E-state index contributed by atoms with van der Waals surface area (Å²) < 4.78 is 6.49. The molecule has 11 rings (SSSR count). The quantitative estimate of drug-likeness (QED) is 0.160. The van der Waals surface area contributed by atoms with Crippen LogP contribution < -0.4 is 4.90 Å². The summed E-state index contributed by atoms with van der Waals surface area (Å²) in [6.07, 6.45) is 0. The highest BCUT2D eigenvalue weighted by atomic mass is 16.3. The van der Waals surface area contributed by atoms with E-state index >= 15 is 0 Å². The SMILES string of the molecule is c1ccc(-c2ccc(N(c3ccc(-c4cc5ccccc5c5c4ccc4ccccc45)cc3)c3cccc(-c4cccc5c4oc4ccccc45)c3)cc2)cc1. The van der Waals surface area contributed by atoms with Crippen molar-refractivity contribution in [3.63, 3.8) is 0 Å². The molecule has 262 valence electrons. The van der Waals surface area contributed by atoms with Crippen LogP contribution in [0.1, 0.15) is 0 Å². The van der Waals surface area contributed by atoms with Gasteiger partial charge in [-0.3, -0.25) is 0 Å². The minimum atomic E-state index is 0.902. The molecule has 56 heavy (non-hydrogen) atoms. The summed E-state index contributed by atoms with van der Waals surface area (Å²) in [5, 5.41) is 9.88. The Morgan fingerprint density at radius 3 is 1.68 bits per heavy atom. The van der Waals surface area contributed by atoms with Crippen LogP contribution >= 0.6 is 0 Å². The van der Waals surface area contributed by atoms with Gasteiger partial charge in [-0.2, -0.15) is 0 Å². The summed E-state index contributed by atoms with van der Waals surface area (Å²) in [6.45, 7) is 0. The van der Waals surface area contributed by atoms with Crippen molar-refractivity contribution in [3.05, 3.63) is 212 Å². The van der Waals surface area contributed by atoms with Crippen LogP contribution in [0.2, 0.25) is 0 Å². The summed E-state index contributed by atoms with van der Waals surface area (Å²) in [7, 11) is 0. The maximum atomic E-state index is 6.49. The number of nitrogens with zero attached hydrogens (tertiary/aromatic N) is 1. The molecule has 1 aromatic heterocycles. The van der Waals surface area contributed by atoms with Crippen LogP contribution in [0.3, 0.4) is 0 Å². The van der Waals surface area contributed by atoms with E-state index in [0.717, 1.165) is 50.1 Å². The van der Waals surface area contributed by atoms with Gasteiger partial charge in [0.05, 0.1) is 0 Å². The van der Waals surface area contributed by atoms with E-state index in [0.29, 0.717) is 0 Å². The smallest absolute Gasteiger partial charge is 0.143 e. The Kier molecular flexibility index (Phi) is 7.53. The van der Waals surface area contributed by atoms with E-state index in [2.05, 4.69) is 205 Å². The summed E-state index contributed by atoms with van der Waals surface area (Å²) in [6, 6.07) is 76.4. The molecule has 0 bridgehead atoms. The summed E-state index contributed by atoms with van der Waals surface area (Å²) in [5.41, 5.74) is 12.0. The Bertz CT molecular complexity index is 3220. The Morgan fingerprint density at radius 1 is 0.304 bits per heavy atom. The number of para-hydroxylation sites is 2. The van der Waals surface area contributed by atoms with Crippen molar-refractivity contribution in [3.8, 4) is 33.4 Å². The highest BCUT2D eigenvalue weighted by molar-refractivity contribution is 6.24. The van der Waals surface area contributed by atoms with Crippen molar-refractivity contribution in [1.29, 1.82) is 0 Å². The molecular weight excluding hydrogens is 679 g/mol. The molecule has 2 nitrogen and oxygen atoms in total. The fraction of sp³-hybridized carbons (Fsp3) is 0. The van der Waals surface area contributed by atoms with Gasteiger partial charge in [-0.1, -0.05) is 164 Å². The fourth-order valence-electron chi connectivity index (χ4n) is 8.57. The predicted octanol–water partition coefficient (Wildman–Crippen LogP) is 15.5. The lowest BCUT2D eigenvalue weighted by molar-refractivity contribution is 0.670. The first-order chi connectivity index (χ1) is 27.8. The van der Waals surface area contributed by atoms with Crippen molar-refractivity contribution in [1.82, 2.24) is 0 Å². The third-order valence-corrected chi connectivity index (χ3v) is 11.2. The molecule has 2 heteroatoms. The van der Waals surface area contributed by atoms with Crippen LogP contribution in [0.4, 0.5) is 17.1 Å². The van der Waals surface area contributed by atoms with E-state index in [1.807, 2.05) is 12.1 Å². The van der Waals surface area contributed by atoms with Crippen molar-refractivity contribution in [2.75, 3.05) is 4.90 Å². The average molecular weight is 714 g/mol. The molecule has 0 amide bonds. The number of hydrogen-bond donors (Lipinski definition) is 0. The van der Waals surface area contributed by atoms with Gasteiger partial charge in [-0.05, 0) is 109 Å². The lowest BCUT2D eigenvalue weighted by Gasteiger charge is -2.26. The second-order valence-corrected chi connectivity index (χ2v) is 14.5. The van der Waals surface area contributed by atoms with E-state index in [-0.39, 0.29) is 0 Å². The molecule has 0 aliphatic carbocycles. The first-order valence-corrected chi connectivity index (χ1v) is 19.2. The first kappa shape index (κ1) is 32.0. The van der Waals surface area contributed by atoms with Gasteiger partial charge in [0.1, 0.15) is 11.2 Å². The van der Waals surface area contributed by atoms with Crippen LogP contribution in [0.5, 0.6) is 0 Å². The average Bonchev–Trinajstić information content (AvgIpc) is 3.66. The molecule has 0 aliphatic rings. The normalized spacial score (nSPS) is 11.6. The second kappa shape index (κ2) is 13.2. The Labute approximate surface area is 325 Å². The molecule has 10 aromatic carbocycles. The lowest BCUT2D eigenvalue weighted by atomic mass is 9.90. The molecule has 0 atom stereocenters. The number of furan rings is 1. The van der Waals surface area contributed by atoms with Gasteiger partial charge < -0.3 is 9.32 Å². The Balaban J connectivity index is 1.06. The van der Waals surface area contributed by atoms with E-state index in [9.17, 15) is 0 Å². The number of benzene rings is 10. The van der Waals surface area contributed by atoms with Crippen LogP contribution in [-0.2, 0) is 0 Å². The lowest BCUT2D eigenvalue weighted by Crippen LogP contribution is -2.10. The molecule has 1 heterocycles. The van der Waals surface area contributed by atoms with Gasteiger partial charge in [0, 0.05) is 33.4 Å². The van der Waals surface area contributed by atoms with Crippen LogP contribution in [0.25, 0.3) is 87.6 Å². The van der Waals surface area contributed by atoms with Crippen LogP contribution in [0.15, 0.2) is 217 Å². The Hall–Kier alpha value is -7.42. The monoisotopic (exact) mass is 713 g/mol. The van der Waals surface area contributed by atoms with E-state index in [1.54, 1.807) is 0 Å². The molecule has 0 unspecified atom stereocenters. The molecule has 0 N–H and O–H groups in total. The second-order valence-electron chi connectivity index (χ2n) is 14.5. The minimum Gasteiger partial charge on any atom is -0.455 e. The third-order valence-electron chi connectivity index (χ3n) is 11.2. The van der Waals surface area contributed by atoms with Gasteiger partial charge in [-0.25, -0.2) is 0 Å². The van der Waals surface area contributed by atoms with Crippen LogP contribution in [0, 0.1) is 0 Å². The van der Waals surface area contributed by atoms with Gasteiger partial charge in [-0.15, -0.1) is 0 Å². The molecule has 0 radical (unpaired) electrons. The van der Waals surface area contributed by atoms with Crippen molar-refractivity contribution in [2.45, 2.75) is 0 Å². The van der Waals surface area contributed by atoms with E-state index in [1.165, 1.54) is 54.6 Å². The number of hydrogen-bond acceptors (Lipinski definition) is 2. The summed E-state index contributed by atoms with van der Waals surface area (Å²) in [4.78, 5) is 2.35. The van der Waals surface area contributed by atoms with Crippen molar-refractivity contribution >= 4 is 71.3 Å². The largest absolute Gasteiger partial charge is 0.455 e. The molecule has 0 fully saturated rings. The summed E-state index contributed by atoms with van der Waals surface area (Å²) in [5.74, 6) is 0. The van der Waals surface area contributed by atoms with Gasteiger partial charge in [0.2, 0.25) is 0 Å². The maximum absolute atomic E-state index is 6.49. The van der Waals surface area contributed by atoms with E-state index in [4.69, 9.17) is 4.42 Å². The number of anilines is 3.